The van der Waals surface area contributed by atoms with Crippen LogP contribution in [-0.4, -0.2) is 56.2 Å². The van der Waals surface area contributed by atoms with E-state index in [1.165, 1.54) is 13.3 Å². The van der Waals surface area contributed by atoms with Crippen molar-refractivity contribution >= 4 is 35.6 Å². The summed E-state index contributed by atoms with van der Waals surface area (Å²) in [6, 6.07) is 3.42. The van der Waals surface area contributed by atoms with Crippen LogP contribution in [0.2, 0.25) is 0 Å². The molecule has 2 heterocycles. The molecule has 0 saturated heterocycles. The van der Waals surface area contributed by atoms with E-state index in [-0.39, 0.29) is 11.8 Å². The van der Waals surface area contributed by atoms with Crippen molar-refractivity contribution < 1.29 is 28.6 Å². The van der Waals surface area contributed by atoms with Gasteiger partial charge in [-0.15, -0.1) is 11.8 Å². The van der Waals surface area contributed by atoms with E-state index in [0.29, 0.717) is 36.3 Å². The largest absolute Gasteiger partial charge is 0.511 e. The normalized spacial score (nSPS) is 18.5. The maximum Gasteiger partial charge on any atom is 0.511 e. The zero-order valence-corrected chi connectivity index (χ0v) is 19.1. The second-order valence-electron chi connectivity index (χ2n) is 7.00. The van der Waals surface area contributed by atoms with E-state index < -0.39 is 12.4 Å². The molecule has 166 valence electrons. The SMILES string of the molecule is CCC1N=CC(C(=O)c2ccc(SC)c(C3=NOCC3)c2C)=C1OC(C)OC(=O)OC. The molecule has 3 rings (SSSR count). The number of nitrogens with zero attached hydrogens (tertiary/aromatic N) is 2. The maximum absolute atomic E-state index is 13.5. The highest BCUT2D eigenvalue weighted by Crippen LogP contribution is 2.32. The summed E-state index contributed by atoms with van der Waals surface area (Å²) in [6.07, 6.45) is 3.07. The molecule has 0 N–H and O–H groups in total. The number of rotatable bonds is 8. The monoisotopic (exact) mass is 446 g/mol. The highest BCUT2D eigenvalue weighted by molar-refractivity contribution is 7.98. The minimum atomic E-state index is -0.929. The summed E-state index contributed by atoms with van der Waals surface area (Å²) in [5, 5.41) is 4.16. The fourth-order valence-electron chi connectivity index (χ4n) is 3.55. The van der Waals surface area contributed by atoms with Gasteiger partial charge in [0.1, 0.15) is 18.4 Å². The van der Waals surface area contributed by atoms with Crippen molar-refractivity contribution in [2.45, 2.75) is 50.8 Å². The number of ether oxygens (including phenoxy) is 3. The highest BCUT2D eigenvalue weighted by Gasteiger charge is 2.31. The Balaban J connectivity index is 1.98. The van der Waals surface area contributed by atoms with Gasteiger partial charge in [0.2, 0.25) is 6.29 Å². The van der Waals surface area contributed by atoms with E-state index in [0.717, 1.165) is 21.7 Å². The number of carbonyl (C=O) groups excluding carboxylic acids is 2. The third-order valence-corrected chi connectivity index (χ3v) is 5.87. The molecule has 2 atom stereocenters. The Morgan fingerprint density at radius 2 is 2.13 bits per heavy atom. The first-order chi connectivity index (χ1) is 14.9. The number of hydrogen-bond acceptors (Lipinski definition) is 9. The number of methoxy groups -OCH3 is 1. The van der Waals surface area contributed by atoms with Crippen LogP contribution < -0.4 is 0 Å². The van der Waals surface area contributed by atoms with Crippen molar-refractivity contribution in [1.82, 2.24) is 0 Å². The Labute approximate surface area is 185 Å². The molecule has 1 aromatic carbocycles. The number of Topliss-reactive ketones (excluding diaryl/α,β-unsaturated/α-hetero) is 1. The predicted molar refractivity (Wildman–Crippen MR) is 118 cm³/mol. The molecule has 8 nitrogen and oxygen atoms in total. The highest BCUT2D eigenvalue weighted by atomic mass is 32.2. The Hall–Kier alpha value is -2.81. The van der Waals surface area contributed by atoms with Crippen LogP contribution in [0.3, 0.4) is 0 Å². The van der Waals surface area contributed by atoms with Gasteiger partial charge in [-0.25, -0.2) is 4.79 Å². The molecule has 0 bridgehead atoms. The number of thioether (sulfide) groups is 1. The van der Waals surface area contributed by atoms with Crippen LogP contribution in [0.25, 0.3) is 0 Å². The number of allylic oxidation sites excluding steroid dienone is 1. The number of benzene rings is 1. The van der Waals surface area contributed by atoms with Crippen molar-refractivity contribution in [3.8, 4) is 0 Å². The van der Waals surface area contributed by atoms with E-state index in [9.17, 15) is 9.59 Å². The van der Waals surface area contributed by atoms with Crippen molar-refractivity contribution in [2.75, 3.05) is 20.0 Å². The maximum atomic E-state index is 13.5. The van der Waals surface area contributed by atoms with Gasteiger partial charge in [-0.3, -0.25) is 9.79 Å². The van der Waals surface area contributed by atoms with Crippen LogP contribution >= 0.6 is 11.8 Å². The first-order valence-electron chi connectivity index (χ1n) is 10.0. The second-order valence-corrected chi connectivity index (χ2v) is 7.85. The molecule has 0 aromatic heterocycles. The molecule has 0 amide bonds. The molecular formula is C22H26N2O6S. The van der Waals surface area contributed by atoms with Crippen LogP contribution in [0.1, 0.15) is 48.2 Å². The summed E-state index contributed by atoms with van der Waals surface area (Å²) < 4.78 is 15.3. The lowest BCUT2D eigenvalue weighted by atomic mass is 9.92. The molecule has 1 aromatic rings. The van der Waals surface area contributed by atoms with Gasteiger partial charge < -0.3 is 19.0 Å². The lowest BCUT2D eigenvalue weighted by molar-refractivity contribution is -0.0841. The van der Waals surface area contributed by atoms with Crippen LogP contribution in [0.15, 0.2) is 38.5 Å². The van der Waals surface area contributed by atoms with Gasteiger partial charge >= 0.3 is 6.16 Å². The van der Waals surface area contributed by atoms with Crippen LogP contribution in [-0.2, 0) is 19.0 Å². The summed E-state index contributed by atoms with van der Waals surface area (Å²) in [4.78, 5) is 35.6. The zero-order valence-electron chi connectivity index (χ0n) is 18.3. The topological polar surface area (TPSA) is 95.8 Å². The van der Waals surface area contributed by atoms with Crippen LogP contribution in [0, 0.1) is 6.92 Å². The first-order valence-corrected chi connectivity index (χ1v) is 11.2. The smallest absolute Gasteiger partial charge is 0.456 e. The Kier molecular flexibility index (Phi) is 7.37. The summed E-state index contributed by atoms with van der Waals surface area (Å²) in [6.45, 7) is 5.95. The number of ketones is 1. The van der Waals surface area contributed by atoms with Gasteiger partial charge in [0.15, 0.2) is 5.78 Å². The quantitative estimate of drug-likeness (QED) is 0.254. The summed E-state index contributed by atoms with van der Waals surface area (Å²) in [7, 11) is 1.22. The lowest BCUT2D eigenvalue weighted by Crippen LogP contribution is -2.22. The van der Waals surface area contributed by atoms with Gasteiger partial charge in [0.05, 0.1) is 18.4 Å². The average molecular weight is 447 g/mol. The molecule has 2 unspecified atom stereocenters. The molecule has 0 radical (unpaired) electrons. The third kappa shape index (κ3) is 4.76. The number of aliphatic imine (C=N–C) groups is 1. The number of oxime groups is 1. The van der Waals surface area contributed by atoms with E-state index >= 15 is 0 Å². The summed E-state index contributed by atoms with van der Waals surface area (Å²) >= 11 is 1.60. The first kappa shape index (κ1) is 22.9. The number of carbonyl (C=O) groups is 2. The average Bonchev–Trinajstić information content (AvgIpc) is 3.42. The number of hydrogen-bond donors (Lipinski definition) is 0. The van der Waals surface area contributed by atoms with Crippen molar-refractivity contribution in [1.29, 1.82) is 0 Å². The molecule has 2 aliphatic heterocycles. The Morgan fingerprint density at radius 3 is 2.74 bits per heavy atom. The van der Waals surface area contributed by atoms with Gasteiger partial charge in [-0.2, -0.15) is 0 Å². The van der Waals surface area contributed by atoms with E-state index in [4.69, 9.17) is 14.3 Å². The molecule has 9 heteroatoms. The third-order valence-electron chi connectivity index (χ3n) is 5.09. The van der Waals surface area contributed by atoms with Crippen molar-refractivity contribution in [3.63, 3.8) is 0 Å². The van der Waals surface area contributed by atoms with Gasteiger partial charge in [0.25, 0.3) is 0 Å². The van der Waals surface area contributed by atoms with E-state index in [2.05, 4.69) is 14.9 Å². The molecule has 0 saturated carbocycles. The second kappa shape index (κ2) is 10.00. The van der Waals surface area contributed by atoms with Crippen molar-refractivity contribution in [3.05, 3.63) is 40.2 Å². The molecule has 2 aliphatic rings. The molecular weight excluding hydrogens is 420 g/mol. The zero-order chi connectivity index (χ0) is 22.5. The fourth-order valence-corrected chi connectivity index (χ4v) is 4.23. The Bertz CT molecular complexity index is 969. The summed E-state index contributed by atoms with van der Waals surface area (Å²) in [5.41, 5.74) is 3.50. The molecule has 0 fully saturated rings. The molecule has 0 aliphatic carbocycles. The standard InChI is InChI=1S/C22H26N2O6S/c1-6-16-21(29-13(3)30-22(26)27-4)15(11-23-16)20(25)14-7-8-18(31-5)19(12(14)2)17-9-10-28-24-17/h7-8,11,13,16H,6,9-10H2,1-5H3. The van der Waals surface area contributed by atoms with E-state index in [1.54, 1.807) is 18.7 Å². The van der Waals surface area contributed by atoms with Gasteiger partial charge in [0, 0.05) is 35.6 Å². The lowest BCUT2D eigenvalue weighted by Gasteiger charge is -2.20. The van der Waals surface area contributed by atoms with Crippen molar-refractivity contribution in [2.24, 2.45) is 10.1 Å². The molecule has 0 spiro atoms. The minimum Gasteiger partial charge on any atom is -0.456 e. The van der Waals surface area contributed by atoms with Crippen LogP contribution in [0.4, 0.5) is 4.79 Å². The van der Waals surface area contributed by atoms with Gasteiger partial charge in [-0.1, -0.05) is 12.1 Å². The predicted octanol–water partition coefficient (Wildman–Crippen LogP) is 4.29. The fraction of sp³-hybridized carbons (Fsp3) is 0.455. The Morgan fingerprint density at radius 1 is 1.35 bits per heavy atom. The van der Waals surface area contributed by atoms with E-state index in [1.807, 2.05) is 32.2 Å². The minimum absolute atomic E-state index is 0.203. The summed E-state index contributed by atoms with van der Waals surface area (Å²) in [5.74, 6) is 0.186. The van der Waals surface area contributed by atoms with Gasteiger partial charge in [-0.05, 0) is 37.3 Å². The molecule has 31 heavy (non-hydrogen) atoms. The van der Waals surface area contributed by atoms with Crippen LogP contribution in [0.5, 0.6) is 0 Å².